The minimum absolute atomic E-state index is 0.120. The molecule has 1 fully saturated rings. The number of rotatable bonds is 3. The average molecular weight is 347 g/mol. The lowest BCUT2D eigenvalue weighted by molar-refractivity contribution is -0.917. The molecule has 26 heavy (non-hydrogen) atoms. The zero-order valence-corrected chi connectivity index (χ0v) is 15.0. The second-order valence-electron chi connectivity index (χ2n) is 6.90. The molecule has 3 heterocycles. The molecule has 0 bridgehead atoms. The highest BCUT2D eigenvalue weighted by Gasteiger charge is 2.25. The zero-order chi connectivity index (χ0) is 17.9. The van der Waals surface area contributed by atoms with Crippen molar-refractivity contribution in [2.45, 2.75) is 13.5 Å². The molecule has 5 heteroatoms. The van der Waals surface area contributed by atoms with Gasteiger partial charge in [-0.15, -0.1) is 0 Å². The lowest BCUT2D eigenvalue weighted by Crippen LogP contribution is -3.13. The van der Waals surface area contributed by atoms with Crippen molar-refractivity contribution < 1.29 is 9.69 Å². The third-order valence-electron chi connectivity index (χ3n) is 5.04. The molecule has 1 aromatic carbocycles. The first-order valence-electron chi connectivity index (χ1n) is 9.09. The van der Waals surface area contributed by atoms with Crippen LogP contribution in [0.5, 0.6) is 0 Å². The van der Waals surface area contributed by atoms with Gasteiger partial charge in [0.25, 0.3) is 5.91 Å². The molecular formula is C21H23N4O+. The molecule has 1 saturated heterocycles. The number of fused-ring (bicyclic) bond motifs is 1. The summed E-state index contributed by atoms with van der Waals surface area (Å²) in [5.74, 6) is 0.120. The van der Waals surface area contributed by atoms with Gasteiger partial charge in [-0.25, -0.2) is 0 Å². The number of quaternary nitrogens is 1. The summed E-state index contributed by atoms with van der Waals surface area (Å²) in [4.78, 5) is 25.2. The smallest absolute Gasteiger partial charge is 0.255 e. The van der Waals surface area contributed by atoms with E-state index >= 15 is 0 Å². The van der Waals surface area contributed by atoms with E-state index in [-0.39, 0.29) is 5.91 Å². The maximum Gasteiger partial charge on any atom is 0.255 e. The van der Waals surface area contributed by atoms with E-state index in [4.69, 9.17) is 0 Å². The van der Waals surface area contributed by atoms with Gasteiger partial charge in [0.05, 0.1) is 37.3 Å². The maximum atomic E-state index is 13.1. The number of nitrogens with zero attached hydrogens (tertiary/aromatic N) is 3. The molecule has 2 aromatic heterocycles. The molecule has 0 radical (unpaired) electrons. The number of carbonyl (C=O) groups is 1. The van der Waals surface area contributed by atoms with Gasteiger partial charge < -0.3 is 9.80 Å². The largest absolute Gasteiger partial charge is 0.328 e. The van der Waals surface area contributed by atoms with E-state index in [1.165, 1.54) is 10.5 Å². The first-order valence-corrected chi connectivity index (χ1v) is 9.09. The minimum Gasteiger partial charge on any atom is -0.328 e. The second-order valence-corrected chi connectivity index (χ2v) is 6.90. The molecule has 1 aliphatic heterocycles. The molecule has 1 N–H and O–H groups in total. The first-order chi connectivity index (χ1) is 12.7. The summed E-state index contributed by atoms with van der Waals surface area (Å²) in [7, 11) is 0. The molecule has 5 nitrogen and oxygen atoms in total. The Morgan fingerprint density at radius 2 is 1.85 bits per heavy atom. The highest BCUT2D eigenvalue weighted by atomic mass is 16.2. The molecule has 0 atom stereocenters. The predicted molar refractivity (Wildman–Crippen MR) is 101 cm³/mol. The normalized spacial score (nSPS) is 15.3. The molecule has 4 rings (SSSR count). The lowest BCUT2D eigenvalue weighted by Gasteiger charge is -2.32. The van der Waals surface area contributed by atoms with Crippen LogP contribution in [0.15, 0.2) is 54.9 Å². The number of amides is 1. The molecule has 0 saturated carbocycles. The zero-order valence-electron chi connectivity index (χ0n) is 15.0. The van der Waals surface area contributed by atoms with Crippen LogP contribution in [0.25, 0.3) is 10.9 Å². The van der Waals surface area contributed by atoms with Crippen LogP contribution in [0.1, 0.15) is 21.6 Å². The van der Waals surface area contributed by atoms with Crippen LogP contribution in [0.3, 0.4) is 0 Å². The van der Waals surface area contributed by atoms with E-state index in [0.29, 0.717) is 0 Å². The highest BCUT2D eigenvalue weighted by Crippen LogP contribution is 2.20. The SMILES string of the molecule is Cc1cc(C(=O)N2CC[NH+](Cc3ccncc3)CC2)c2ccccc2n1. The summed E-state index contributed by atoms with van der Waals surface area (Å²) < 4.78 is 0. The van der Waals surface area contributed by atoms with E-state index in [1.807, 2.05) is 54.5 Å². The number of hydrogen-bond acceptors (Lipinski definition) is 3. The van der Waals surface area contributed by atoms with Crippen molar-refractivity contribution in [2.24, 2.45) is 0 Å². The second kappa shape index (κ2) is 7.22. The van der Waals surface area contributed by atoms with E-state index in [2.05, 4.69) is 22.1 Å². The summed E-state index contributed by atoms with van der Waals surface area (Å²) in [5, 5.41) is 0.940. The van der Waals surface area contributed by atoms with Crippen molar-refractivity contribution in [3.63, 3.8) is 0 Å². The summed E-state index contributed by atoms with van der Waals surface area (Å²) >= 11 is 0. The van der Waals surface area contributed by atoms with Crippen molar-refractivity contribution in [1.29, 1.82) is 0 Å². The fraction of sp³-hybridized carbons (Fsp3) is 0.286. The van der Waals surface area contributed by atoms with Gasteiger partial charge in [0.2, 0.25) is 0 Å². The van der Waals surface area contributed by atoms with Gasteiger partial charge in [0.15, 0.2) is 0 Å². The standard InChI is InChI=1S/C21H22N4O/c1-16-14-19(18-4-2-3-5-20(18)23-16)21(26)25-12-10-24(11-13-25)15-17-6-8-22-9-7-17/h2-9,14H,10-13,15H2,1H3/p+1. The Balaban J connectivity index is 1.47. The number of benzene rings is 1. The number of carbonyl (C=O) groups excluding carboxylic acids is 1. The third kappa shape index (κ3) is 3.44. The summed E-state index contributed by atoms with van der Waals surface area (Å²) in [6, 6.07) is 13.9. The van der Waals surface area contributed by atoms with Crippen LogP contribution in [-0.2, 0) is 6.54 Å². The monoisotopic (exact) mass is 347 g/mol. The van der Waals surface area contributed by atoms with Crippen LogP contribution in [0, 0.1) is 6.92 Å². The van der Waals surface area contributed by atoms with E-state index in [1.54, 1.807) is 0 Å². The molecule has 0 spiro atoms. The van der Waals surface area contributed by atoms with Crippen LogP contribution in [0.4, 0.5) is 0 Å². The van der Waals surface area contributed by atoms with Gasteiger partial charge in [-0.1, -0.05) is 18.2 Å². The van der Waals surface area contributed by atoms with Gasteiger partial charge >= 0.3 is 0 Å². The Labute approximate surface area is 153 Å². The van der Waals surface area contributed by atoms with Crippen LogP contribution in [-0.4, -0.2) is 47.0 Å². The lowest BCUT2D eigenvalue weighted by atomic mass is 10.1. The van der Waals surface area contributed by atoms with E-state index in [0.717, 1.165) is 54.9 Å². The van der Waals surface area contributed by atoms with Gasteiger partial charge in [0, 0.05) is 29.0 Å². The van der Waals surface area contributed by atoms with Crippen LogP contribution < -0.4 is 4.90 Å². The minimum atomic E-state index is 0.120. The maximum absolute atomic E-state index is 13.1. The van der Waals surface area contributed by atoms with Crippen molar-refractivity contribution in [1.82, 2.24) is 14.9 Å². The van der Waals surface area contributed by atoms with Crippen molar-refractivity contribution in [3.8, 4) is 0 Å². The highest BCUT2D eigenvalue weighted by molar-refractivity contribution is 6.06. The number of aromatic nitrogens is 2. The van der Waals surface area contributed by atoms with Gasteiger partial charge in [-0.05, 0) is 31.2 Å². The third-order valence-corrected chi connectivity index (χ3v) is 5.04. The van der Waals surface area contributed by atoms with Crippen molar-refractivity contribution >= 4 is 16.8 Å². The summed E-state index contributed by atoms with van der Waals surface area (Å²) in [6.45, 7) is 6.44. The topological polar surface area (TPSA) is 50.5 Å². The molecule has 1 amide bonds. The Kier molecular flexibility index (Phi) is 4.63. The number of nitrogens with one attached hydrogen (secondary N) is 1. The summed E-state index contributed by atoms with van der Waals surface area (Å²) in [6.07, 6.45) is 3.68. The van der Waals surface area contributed by atoms with Gasteiger partial charge in [-0.2, -0.15) is 0 Å². The Hall–Kier alpha value is -2.79. The fourth-order valence-electron chi connectivity index (χ4n) is 3.65. The molecule has 0 aliphatic carbocycles. The predicted octanol–water partition coefficient (Wildman–Crippen LogP) is 1.48. The molecular weight excluding hydrogens is 324 g/mol. The van der Waals surface area contributed by atoms with Gasteiger partial charge in [-0.3, -0.25) is 14.8 Å². The molecule has 3 aromatic rings. The quantitative estimate of drug-likeness (QED) is 0.781. The number of piperazine rings is 1. The molecule has 1 aliphatic rings. The molecule has 132 valence electrons. The Morgan fingerprint density at radius 1 is 1.12 bits per heavy atom. The average Bonchev–Trinajstić information content (AvgIpc) is 2.68. The molecule has 0 unspecified atom stereocenters. The fourth-order valence-corrected chi connectivity index (χ4v) is 3.65. The Morgan fingerprint density at radius 3 is 2.62 bits per heavy atom. The van der Waals surface area contributed by atoms with E-state index < -0.39 is 0 Å². The van der Waals surface area contributed by atoms with E-state index in [9.17, 15) is 4.79 Å². The van der Waals surface area contributed by atoms with Crippen molar-refractivity contribution in [2.75, 3.05) is 26.2 Å². The van der Waals surface area contributed by atoms with Crippen LogP contribution in [0.2, 0.25) is 0 Å². The number of pyridine rings is 2. The van der Waals surface area contributed by atoms with Gasteiger partial charge in [0.1, 0.15) is 6.54 Å². The number of hydrogen-bond donors (Lipinski definition) is 1. The first kappa shape index (κ1) is 16.7. The number of aryl methyl sites for hydroxylation is 1. The van der Waals surface area contributed by atoms with Crippen LogP contribution >= 0.6 is 0 Å². The van der Waals surface area contributed by atoms with Crippen molar-refractivity contribution in [3.05, 3.63) is 71.7 Å². The summed E-state index contributed by atoms with van der Waals surface area (Å²) in [5.41, 5.74) is 3.84. The number of para-hydroxylation sites is 1. The Bertz CT molecular complexity index is 918.